The van der Waals surface area contributed by atoms with Gasteiger partial charge in [-0.05, 0) is 64.2 Å². The zero-order valence-electron chi connectivity index (χ0n) is 12.7. The van der Waals surface area contributed by atoms with Crippen molar-refractivity contribution >= 4 is 31.9 Å². The van der Waals surface area contributed by atoms with Crippen LogP contribution in [-0.2, 0) is 6.54 Å². The van der Waals surface area contributed by atoms with E-state index in [-0.39, 0.29) is 0 Å². The van der Waals surface area contributed by atoms with E-state index in [0.717, 1.165) is 44.8 Å². The Morgan fingerprint density at radius 1 is 1.29 bits per heavy atom. The molecule has 0 saturated heterocycles. The Bertz CT molecular complexity index is 635. The summed E-state index contributed by atoms with van der Waals surface area (Å²) in [7, 11) is 0. The molecule has 0 amide bonds. The summed E-state index contributed by atoms with van der Waals surface area (Å²) in [6.45, 7) is 10.2. The van der Waals surface area contributed by atoms with Crippen molar-refractivity contribution < 1.29 is 0 Å². The zero-order valence-corrected chi connectivity index (χ0v) is 15.9. The van der Waals surface area contributed by atoms with E-state index in [2.05, 4.69) is 67.2 Å². The summed E-state index contributed by atoms with van der Waals surface area (Å²) in [4.78, 5) is 4.55. The molecule has 2 heterocycles. The van der Waals surface area contributed by atoms with Crippen molar-refractivity contribution in [1.82, 2.24) is 20.1 Å². The van der Waals surface area contributed by atoms with E-state index in [1.807, 2.05) is 24.7 Å². The molecule has 0 aliphatic heterocycles. The van der Waals surface area contributed by atoms with Gasteiger partial charge in [0.25, 0.3) is 0 Å². The van der Waals surface area contributed by atoms with Crippen LogP contribution in [0.4, 0.5) is 0 Å². The van der Waals surface area contributed by atoms with Crippen LogP contribution in [-0.4, -0.2) is 21.3 Å². The molecule has 0 unspecified atom stereocenters. The normalized spacial score (nSPS) is 11.4. The Morgan fingerprint density at radius 3 is 2.57 bits per heavy atom. The van der Waals surface area contributed by atoms with Crippen molar-refractivity contribution in [2.45, 2.75) is 34.2 Å². The molecular weight excluding hydrogens is 396 g/mol. The van der Waals surface area contributed by atoms with Crippen LogP contribution >= 0.6 is 31.9 Å². The van der Waals surface area contributed by atoms with E-state index in [4.69, 9.17) is 0 Å². The molecular formula is C15H20Br2N4. The Kier molecular flexibility index (Phi) is 5.57. The Morgan fingerprint density at radius 2 is 2.00 bits per heavy atom. The molecule has 6 heteroatoms. The number of halogens is 2. The lowest BCUT2D eigenvalue weighted by molar-refractivity contribution is 0.550. The van der Waals surface area contributed by atoms with E-state index in [1.54, 1.807) is 0 Å². The van der Waals surface area contributed by atoms with Gasteiger partial charge in [0.05, 0.1) is 15.9 Å². The molecule has 21 heavy (non-hydrogen) atoms. The zero-order chi connectivity index (χ0) is 15.6. The fourth-order valence-electron chi connectivity index (χ4n) is 2.12. The number of pyridine rings is 1. The predicted octanol–water partition coefficient (Wildman–Crippen LogP) is 4.15. The number of aromatic nitrogens is 3. The standard InChI is InChI=1S/C15H20Br2N4/c1-9(2)6-18-7-12-5-13(16)8-19-15(12)21-11(4)14(17)10(3)20-21/h5,8-9,18H,6-7H2,1-4H3. The van der Waals surface area contributed by atoms with Crippen molar-refractivity contribution in [2.75, 3.05) is 6.54 Å². The molecule has 2 rings (SSSR count). The van der Waals surface area contributed by atoms with Crippen LogP contribution < -0.4 is 5.32 Å². The third-order valence-corrected chi connectivity index (χ3v) is 4.76. The molecule has 0 aliphatic carbocycles. The van der Waals surface area contributed by atoms with Gasteiger partial charge in [0.1, 0.15) is 0 Å². The smallest absolute Gasteiger partial charge is 0.158 e. The maximum absolute atomic E-state index is 4.58. The van der Waals surface area contributed by atoms with Gasteiger partial charge in [-0.15, -0.1) is 0 Å². The molecule has 0 saturated carbocycles. The number of hydrogen-bond donors (Lipinski definition) is 1. The van der Waals surface area contributed by atoms with E-state index in [1.165, 1.54) is 0 Å². The summed E-state index contributed by atoms with van der Waals surface area (Å²) in [5.41, 5.74) is 3.16. The van der Waals surface area contributed by atoms with Gasteiger partial charge in [0.2, 0.25) is 0 Å². The molecule has 2 aromatic rings. The third-order valence-electron chi connectivity index (χ3n) is 3.18. The van der Waals surface area contributed by atoms with Crippen molar-refractivity contribution in [2.24, 2.45) is 5.92 Å². The molecule has 0 radical (unpaired) electrons. The van der Waals surface area contributed by atoms with Crippen LogP contribution in [0.15, 0.2) is 21.2 Å². The quantitative estimate of drug-likeness (QED) is 0.797. The lowest BCUT2D eigenvalue weighted by Gasteiger charge is -2.12. The maximum Gasteiger partial charge on any atom is 0.158 e. The Labute approximate surface area is 142 Å². The number of rotatable bonds is 5. The van der Waals surface area contributed by atoms with Gasteiger partial charge in [-0.25, -0.2) is 9.67 Å². The first kappa shape index (κ1) is 16.6. The van der Waals surface area contributed by atoms with Gasteiger partial charge in [0.15, 0.2) is 5.82 Å². The van der Waals surface area contributed by atoms with E-state index in [9.17, 15) is 0 Å². The van der Waals surface area contributed by atoms with Crippen molar-refractivity contribution in [3.63, 3.8) is 0 Å². The third kappa shape index (κ3) is 3.93. The maximum atomic E-state index is 4.58. The van der Waals surface area contributed by atoms with Crippen LogP contribution in [0.25, 0.3) is 5.82 Å². The topological polar surface area (TPSA) is 42.7 Å². The highest BCUT2D eigenvalue weighted by molar-refractivity contribution is 9.10. The summed E-state index contributed by atoms with van der Waals surface area (Å²) in [5.74, 6) is 1.50. The highest BCUT2D eigenvalue weighted by Gasteiger charge is 2.15. The SMILES string of the molecule is Cc1nn(-c2ncc(Br)cc2CNCC(C)C)c(C)c1Br. The first-order valence-electron chi connectivity index (χ1n) is 6.97. The van der Waals surface area contributed by atoms with Gasteiger partial charge in [-0.2, -0.15) is 5.10 Å². The van der Waals surface area contributed by atoms with Crippen LogP contribution in [0.2, 0.25) is 0 Å². The van der Waals surface area contributed by atoms with Gasteiger partial charge in [0, 0.05) is 22.8 Å². The summed E-state index contributed by atoms with van der Waals surface area (Å²) >= 11 is 7.07. The molecule has 0 bridgehead atoms. The molecule has 2 aromatic heterocycles. The average Bonchev–Trinajstić information content (AvgIpc) is 2.66. The van der Waals surface area contributed by atoms with Crippen molar-refractivity contribution in [3.8, 4) is 5.82 Å². The Balaban J connectivity index is 2.36. The molecule has 4 nitrogen and oxygen atoms in total. The second-order valence-electron chi connectivity index (χ2n) is 5.56. The van der Waals surface area contributed by atoms with Gasteiger partial charge >= 0.3 is 0 Å². The lowest BCUT2D eigenvalue weighted by atomic mass is 10.2. The fourth-order valence-corrected chi connectivity index (χ4v) is 2.75. The predicted molar refractivity (Wildman–Crippen MR) is 92.8 cm³/mol. The molecule has 114 valence electrons. The highest BCUT2D eigenvalue weighted by atomic mass is 79.9. The largest absolute Gasteiger partial charge is 0.312 e. The summed E-state index contributed by atoms with van der Waals surface area (Å²) in [6.07, 6.45) is 1.81. The molecule has 1 N–H and O–H groups in total. The van der Waals surface area contributed by atoms with Crippen LogP contribution in [0, 0.1) is 19.8 Å². The number of hydrogen-bond acceptors (Lipinski definition) is 3. The number of nitrogens with one attached hydrogen (secondary N) is 1. The monoisotopic (exact) mass is 414 g/mol. The summed E-state index contributed by atoms with van der Waals surface area (Å²) < 4.78 is 3.92. The van der Waals surface area contributed by atoms with Gasteiger partial charge in [-0.1, -0.05) is 13.8 Å². The minimum atomic E-state index is 0.622. The van der Waals surface area contributed by atoms with Gasteiger partial charge < -0.3 is 5.32 Å². The van der Waals surface area contributed by atoms with E-state index < -0.39 is 0 Å². The molecule has 0 aromatic carbocycles. The Hall–Kier alpha value is -0.720. The van der Waals surface area contributed by atoms with E-state index >= 15 is 0 Å². The van der Waals surface area contributed by atoms with Gasteiger partial charge in [-0.3, -0.25) is 0 Å². The fraction of sp³-hybridized carbons (Fsp3) is 0.467. The van der Waals surface area contributed by atoms with Crippen molar-refractivity contribution in [1.29, 1.82) is 0 Å². The summed E-state index contributed by atoms with van der Waals surface area (Å²) in [6, 6.07) is 2.10. The molecule has 0 atom stereocenters. The molecule has 0 spiro atoms. The highest BCUT2D eigenvalue weighted by Crippen LogP contribution is 2.25. The minimum absolute atomic E-state index is 0.622. The number of nitrogens with zero attached hydrogens (tertiary/aromatic N) is 3. The average molecular weight is 416 g/mol. The lowest BCUT2D eigenvalue weighted by Crippen LogP contribution is -2.20. The van der Waals surface area contributed by atoms with Crippen molar-refractivity contribution in [3.05, 3.63) is 38.2 Å². The molecule has 0 fully saturated rings. The molecule has 0 aliphatic rings. The van der Waals surface area contributed by atoms with Crippen LogP contribution in [0.5, 0.6) is 0 Å². The first-order valence-corrected chi connectivity index (χ1v) is 8.56. The number of aryl methyl sites for hydroxylation is 1. The van der Waals surface area contributed by atoms with Crippen LogP contribution in [0.3, 0.4) is 0 Å². The van der Waals surface area contributed by atoms with Crippen LogP contribution in [0.1, 0.15) is 30.8 Å². The minimum Gasteiger partial charge on any atom is -0.312 e. The summed E-state index contributed by atoms with van der Waals surface area (Å²) in [5, 5.41) is 8.04. The second kappa shape index (κ2) is 7.03. The van der Waals surface area contributed by atoms with E-state index in [0.29, 0.717) is 5.92 Å². The first-order chi connectivity index (χ1) is 9.90. The second-order valence-corrected chi connectivity index (χ2v) is 7.27.